The van der Waals surface area contributed by atoms with Gasteiger partial charge in [0.05, 0.1) is 19.8 Å². The average Bonchev–Trinajstić information content (AvgIpc) is 3.44. The summed E-state index contributed by atoms with van der Waals surface area (Å²) in [6, 6.07) is 9.68. The van der Waals surface area contributed by atoms with Gasteiger partial charge in [-0.05, 0) is 43.2 Å². The van der Waals surface area contributed by atoms with Crippen molar-refractivity contribution in [3.63, 3.8) is 0 Å². The molecule has 0 unspecified atom stereocenters. The molecule has 0 saturated heterocycles. The Morgan fingerprint density at radius 2 is 1.96 bits per heavy atom. The van der Waals surface area contributed by atoms with E-state index >= 15 is 0 Å². The van der Waals surface area contributed by atoms with Gasteiger partial charge < -0.3 is 14.4 Å². The molecule has 0 spiro atoms. The number of amides is 1. The molecule has 1 fully saturated rings. The summed E-state index contributed by atoms with van der Waals surface area (Å²) in [7, 11) is 3.15. The third-order valence-corrected chi connectivity index (χ3v) is 4.48. The lowest BCUT2D eigenvalue weighted by Crippen LogP contribution is -2.33. The molecule has 0 heterocycles. The van der Waals surface area contributed by atoms with Crippen LogP contribution in [0.15, 0.2) is 36.4 Å². The summed E-state index contributed by atoms with van der Waals surface area (Å²) in [5.41, 5.74) is 0.877. The highest BCUT2D eigenvalue weighted by molar-refractivity contribution is 6.30. The molecule has 2 aromatic carbocycles. The van der Waals surface area contributed by atoms with Crippen LogP contribution in [-0.2, 0) is 6.54 Å². The zero-order valence-corrected chi connectivity index (χ0v) is 14.8. The molecule has 1 amide bonds. The predicted octanol–water partition coefficient (Wildman–Crippen LogP) is 4.30. The Morgan fingerprint density at radius 3 is 2.56 bits per heavy atom. The summed E-state index contributed by atoms with van der Waals surface area (Å²) in [5, 5.41) is 0.267. The second-order valence-electron chi connectivity index (χ2n) is 5.97. The van der Waals surface area contributed by atoms with Crippen LogP contribution in [-0.4, -0.2) is 31.1 Å². The quantitative estimate of drug-likeness (QED) is 0.768. The molecule has 0 bridgehead atoms. The number of rotatable bonds is 6. The second-order valence-corrected chi connectivity index (χ2v) is 6.40. The van der Waals surface area contributed by atoms with Crippen LogP contribution in [0.2, 0.25) is 5.02 Å². The van der Waals surface area contributed by atoms with Gasteiger partial charge in [-0.2, -0.15) is 0 Å². The van der Waals surface area contributed by atoms with Gasteiger partial charge in [0.1, 0.15) is 17.3 Å². The molecule has 2 aromatic rings. The number of methoxy groups -OCH3 is 2. The first-order valence-electron chi connectivity index (χ1n) is 8.00. The first-order chi connectivity index (χ1) is 12.0. The van der Waals surface area contributed by atoms with E-state index in [4.69, 9.17) is 21.1 Å². The van der Waals surface area contributed by atoms with E-state index in [9.17, 15) is 9.18 Å². The van der Waals surface area contributed by atoms with E-state index in [1.807, 2.05) is 12.1 Å². The van der Waals surface area contributed by atoms with Crippen LogP contribution < -0.4 is 9.47 Å². The second kappa shape index (κ2) is 7.31. The van der Waals surface area contributed by atoms with E-state index in [1.54, 1.807) is 25.2 Å². The van der Waals surface area contributed by atoms with E-state index in [2.05, 4.69) is 0 Å². The molecule has 1 aliphatic carbocycles. The van der Waals surface area contributed by atoms with Crippen molar-refractivity contribution in [1.82, 2.24) is 4.90 Å². The van der Waals surface area contributed by atoms with Crippen molar-refractivity contribution in [1.29, 1.82) is 0 Å². The highest BCUT2D eigenvalue weighted by Crippen LogP contribution is 2.33. The van der Waals surface area contributed by atoms with Crippen LogP contribution in [0.5, 0.6) is 11.5 Å². The summed E-state index contributed by atoms with van der Waals surface area (Å²) in [6.45, 7) is 0.346. The highest BCUT2D eigenvalue weighted by Gasteiger charge is 2.34. The van der Waals surface area contributed by atoms with Crippen molar-refractivity contribution in [2.24, 2.45) is 0 Å². The number of carbonyl (C=O) groups is 1. The number of benzene rings is 2. The van der Waals surface area contributed by atoms with Crippen molar-refractivity contribution in [3.8, 4) is 11.5 Å². The number of halogens is 2. The molecule has 3 rings (SSSR count). The molecule has 1 saturated carbocycles. The molecule has 0 aromatic heterocycles. The van der Waals surface area contributed by atoms with Gasteiger partial charge in [-0.15, -0.1) is 0 Å². The van der Waals surface area contributed by atoms with E-state index < -0.39 is 5.82 Å². The first kappa shape index (κ1) is 17.5. The minimum Gasteiger partial charge on any atom is -0.497 e. The fraction of sp³-hybridized carbons (Fsp3) is 0.316. The Bertz CT molecular complexity index is 792. The molecule has 4 nitrogen and oxygen atoms in total. The Labute approximate surface area is 151 Å². The molecular formula is C19H19ClFNO3. The van der Waals surface area contributed by atoms with Gasteiger partial charge in [-0.1, -0.05) is 11.6 Å². The lowest BCUT2D eigenvalue weighted by Gasteiger charge is -2.24. The highest BCUT2D eigenvalue weighted by atomic mass is 35.5. The van der Waals surface area contributed by atoms with Gasteiger partial charge >= 0.3 is 0 Å². The summed E-state index contributed by atoms with van der Waals surface area (Å²) in [6.07, 6.45) is 1.83. The van der Waals surface area contributed by atoms with Crippen LogP contribution in [0, 0.1) is 5.82 Å². The standard InChI is InChI=1S/C19H19ClFNO3/c1-24-15-7-3-12(18(10-15)25-2)11-22(14-5-6-14)19(23)16-8-4-13(20)9-17(16)21/h3-4,7-10,14H,5-6,11H2,1-2H3. The monoisotopic (exact) mass is 363 g/mol. The van der Waals surface area contributed by atoms with Gasteiger partial charge in [-0.25, -0.2) is 4.39 Å². The van der Waals surface area contributed by atoms with Crippen molar-refractivity contribution >= 4 is 17.5 Å². The summed E-state index contributed by atoms with van der Waals surface area (Å²) < 4.78 is 24.8. The largest absolute Gasteiger partial charge is 0.497 e. The van der Waals surface area contributed by atoms with Crippen LogP contribution in [0.3, 0.4) is 0 Å². The lowest BCUT2D eigenvalue weighted by atomic mass is 10.1. The molecule has 0 N–H and O–H groups in total. The van der Waals surface area contributed by atoms with Crippen LogP contribution >= 0.6 is 11.6 Å². The third-order valence-electron chi connectivity index (χ3n) is 4.24. The molecule has 6 heteroatoms. The van der Waals surface area contributed by atoms with E-state index in [-0.39, 0.29) is 22.5 Å². The van der Waals surface area contributed by atoms with Gasteiger partial charge in [0.2, 0.25) is 0 Å². The Hall–Kier alpha value is -2.27. The fourth-order valence-electron chi connectivity index (χ4n) is 2.74. The van der Waals surface area contributed by atoms with Gasteiger partial charge in [0.15, 0.2) is 0 Å². The van der Waals surface area contributed by atoms with Crippen molar-refractivity contribution in [2.75, 3.05) is 14.2 Å². The molecule has 0 atom stereocenters. The average molecular weight is 364 g/mol. The molecule has 25 heavy (non-hydrogen) atoms. The maximum absolute atomic E-state index is 14.2. The molecule has 0 aliphatic heterocycles. The zero-order valence-electron chi connectivity index (χ0n) is 14.1. The molecular weight excluding hydrogens is 345 g/mol. The fourth-order valence-corrected chi connectivity index (χ4v) is 2.90. The molecule has 132 valence electrons. The number of ether oxygens (including phenoxy) is 2. The van der Waals surface area contributed by atoms with Gasteiger partial charge in [0.25, 0.3) is 5.91 Å². The Morgan fingerprint density at radius 1 is 1.20 bits per heavy atom. The maximum Gasteiger partial charge on any atom is 0.257 e. The first-order valence-corrected chi connectivity index (χ1v) is 8.38. The minimum absolute atomic E-state index is 0.0313. The van der Waals surface area contributed by atoms with Crippen molar-refractivity contribution < 1.29 is 18.7 Å². The Balaban J connectivity index is 1.88. The number of hydrogen-bond donors (Lipinski definition) is 0. The summed E-state index contributed by atoms with van der Waals surface area (Å²) in [5.74, 6) is 0.363. The minimum atomic E-state index is -0.607. The third kappa shape index (κ3) is 3.87. The topological polar surface area (TPSA) is 38.8 Å². The Kier molecular flexibility index (Phi) is 5.13. The molecule has 0 radical (unpaired) electrons. The smallest absolute Gasteiger partial charge is 0.257 e. The van der Waals surface area contributed by atoms with Gasteiger partial charge in [-0.3, -0.25) is 4.79 Å². The lowest BCUT2D eigenvalue weighted by molar-refractivity contribution is 0.0724. The van der Waals surface area contributed by atoms with E-state index in [0.29, 0.717) is 18.0 Å². The number of nitrogens with zero attached hydrogens (tertiary/aromatic N) is 1. The summed E-state index contributed by atoms with van der Waals surface area (Å²) in [4.78, 5) is 14.6. The normalized spacial score (nSPS) is 13.4. The van der Waals surface area contributed by atoms with Gasteiger partial charge in [0, 0.05) is 29.2 Å². The van der Waals surface area contributed by atoms with Crippen LogP contribution in [0.4, 0.5) is 4.39 Å². The summed E-state index contributed by atoms with van der Waals surface area (Å²) >= 11 is 5.78. The number of carbonyl (C=O) groups excluding carboxylic acids is 1. The van der Waals surface area contributed by atoms with E-state index in [0.717, 1.165) is 24.5 Å². The van der Waals surface area contributed by atoms with Crippen molar-refractivity contribution in [3.05, 3.63) is 58.4 Å². The number of hydrogen-bond acceptors (Lipinski definition) is 3. The maximum atomic E-state index is 14.2. The van der Waals surface area contributed by atoms with Crippen molar-refractivity contribution in [2.45, 2.75) is 25.4 Å². The van der Waals surface area contributed by atoms with Crippen LogP contribution in [0.1, 0.15) is 28.8 Å². The van der Waals surface area contributed by atoms with Crippen LogP contribution in [0.25, 0.3) is 0 Å². The molecule has 1 aliphatic rings. The van der Waals surface area contributed by atoms with E-state index in [1.165, 1.54) is 12.1 Å². The predicted molar refractivity (Wildman–Crippen MR) is 93.9 cm³/mol. The SMILES string of the molecule is COc1ccc(CN(C(=O)c2ccc(Cl)cc2F)C2CC2)c(OC)c1. The zero-order chi connectivity index (χ0) is 18.0.